The fourth-order valence-corrected chi connectivity index (χ4v) is 5.71. The van der Waals surface area contributed by atoms with Crippen LogP contribution in [0.1, 0.15) is 49.8 Å². The highest BCUT2D eigenvalue weighted by Crippen LogP contribution is 2.16. The molecule has 14 N–H and O–H groups in total. The highest BCUT2D eigenvalue weighted by atomic mass is 19.1. The molecule has 0 aromatic heterocycles. The number of benzene rings is 3. The Morgan fingerprint density at radius 1 is 0.596 bits per heavy atom. The van der Waals surface area contributed by atoms with Crippen LogP contribution in [0.5, 0.6) is 0 Å². The zero-order valence-corrected chi connectivity index (χ0v) is 31.8. The molecule has 3 aromatic rings. The lowest BCUT2D eigenvalue weighted by atomic mass is 9.99. The van der Waals surface area contributed by atoms with Gasteiger partial charge >= 0.3 is 0 Å². The van der Waals surface area contributed by atoms with Gasteiger partial charge in [-0.3, -0.25) is 29.0 Å². The van der Waals surface area contributed by atoms with Crippen molar-refractivity contribution in [1.29, 1.82) is 0 Å². The van der Waals surface area contributed by atoms with Crippen LogP contribution in [0.25, 0.3) is 0 Å². The molecule has 0 radical (unpaired) electrons. The Morgan fingerprint density at radius 2 is 1.05 bits per heavy atom. The van der Waals surface area contributed by atoms with E-state index in [0.717, 1.165) is 0 Å². The van der Waals surface area contributed by atoms with Gasteiger partial charge in [0.05, 0.1) is 12.1 Å². The molecule has 16 nitrogen and oxygen atoms in total. The van der Waals surface area contributed by atoms with E-state index < -0.39 is 65.3 Å². The number of rotatable bonds is 21. The minimum Gasteiger partial charge on any atom is -0.370 e. The molecule has 0 saturated carbocycles. The van der Waals surface area contributed by atoms with Gasteiger partial charge in [-0.25, -0.2) is 13.8 Å². The maximum atomic E-state index is 14.1. The molecule has 57 heavy (non-hydrogen) atoms. The maximum Gasteiger partial charge on any atom is 0.243 e. The molecule has 0 aliphatic carbocycles. The van der Waals surface area contributed by atoms with Gasteiger partial charge in [0.15, 0.2) is 11.9 Å². The van der Waals surface area contributed by atoms with E-state index in [0.29, 0.717) is 28.8 Å². The van der Waals surface area contributed by atoms with Gasteiger partial charge in [0.25, 0.3) is 0 Å². The quantitative estimate of drug-likeness (QED) is 0.0410. The number of primary amides is 1. The van der Waals surface area contributed by atoms with E-state index in [4.69, 9.17) is 28.7 Å². The van der Waals surface area contributed by atoms with Crippen LogP contribution in [0.3, 0.4) is 0 Å². The third kappa shape index (κ3) is 16.4. The van der Waals surface area contributed by atoms with Crippen molar-refractivity contribution in [2.45, 2.75) is 76.5 Å². The Bertz CT molecular complexity index is 1880. The molecular weight excluding hydrogens is 740 g/mol. The van der Waals surface area contributed by atoms with Crippen molar-refractivity contribution in [2.75, 3.05) is 6.54 Å². The lowest BCUT2D eigenvalue weighted by Gasteiger charge is -2.27. The lowest BCUT2D eigenvalue weighted by molar-refractivity contribution is -0.134. The van der Waals surface area contributed by atoms with Crippen molar-refractivity contribution in [3.8, 4) is 0 Å². The number of nitrogens with two attached hydrogens (primary N) is 5. The van der Waals surface area contributed by atoms with Crippen molar-refractivity contribution in [3.05, 3.63) is 101 Å². The number of halogens is 2. The smallest absolute Gasteiger partial charge is 0.243 e. The Labute approximate surface area is 329 Å². The minimum absolute atomic E-state index is 0.0844. The summed E-state index contributed by atoms with van der Waals surface area (Å²) in [5, 5.41) is 10.7. The largest absolute Gasteiger partial charge is 0.370 e. The molecule has 0 unspecified atom stereocenters. The fraction of sp³-hybridized carbons (Fsp3) is 0.359. The first-order valence-electron chi connectivity index (χ1n) is 18.2. The standard InChI is InChI=1S/C39H51F2N11O5/c1-22(2)18-30(35(55)50-29(34(42)54)4-3-17-47-38(43)44)51-37(57)32(20-24-9-15-28(16-10-24)48-39(45)46)52-36(56)31(19-23-5-11-26(40)12-6-23)49-33(53)21-25-7-13-27(41)14-8-25/h5-16,22,29-32H,3-4,17-21H2,1-2H3,(H2,42,54)(H,49,53)(H,50,55)(H,51,57)(H,52,56)(H4,43,44,47)(H4,45,46,48)/t29-,30-,31-,32-/m0/s1. The summed E-state index contributed by atoms with van der Waals surface area (Å²) in [5.41, 5.74) is 29.3. The van der Waals surface area contributed by atoms with Crippen LogP contribution >= 0.6 is 0 Å². The van der Waals surface area contributed by atoms with Crippen LogP contribution in [0, 0.1) is 17.6 Å². The number of hydrogen-bond donors (Lipinski definition) is 9. The summed E-state index contributed by atoms with van der Waals surface area (Å²) in [6.45, 7) is 3.86. The Balaban J connectivity index is 1.92. The van der Waals surface area contributed by atoms with E-state index in [1.165, 1.54) is 48.5 Å². The van der Waals surface area contributed by atoms with Crippen LogP contribution in [-0.2, 0) is 43.2 Å². The first kappa shape index (κ1) is 44.8. The van der Waals surface area contributed by atoms with Gasteiger partial charge in [0.1, 0.15) is 35.8 Å². The molecule has 0 aliphatic rings. The van der Waals surface area contributed by atoms with Crippen LogP contribution in [-0.4, -0.2) is 72.2 Å². The summed E-state index contributed by atoms with van der Waals surface area (Å²) in [6, 6.07) is 12.3. The summed E-state index contributed by atoms with van der Waals surface area (Å²) in [7, 11) is 0. The maximum absolute atomic E-state index is 14.1. The van der Waals surface area contributed by atoms with Gasteiger partial charge in [-0.15, -0.1) is 0 Å². The topological polar surface area (TPSA) is 288 Å². The number of hydrogen-bond acceptors (Lipinski definition) is 7. The normalized spacial score (nSPS) is 12.9. The van der Waals surface area contributed by atoms with Crippen LogP contribution in [0.4, 0.5) is 14.5 Å². The number of carbonyl (C=O) groups excluding carboxylic acids is 5. The SMILES string of the molecule is CC(C)C[C@H](NC(=O)[C@H](Cc1ccc(N=C(N)N)cc1)NC(=O)[C@H](Cc1ccc(F)cc1)NC(=O)Cc1ccc(F)cc1)C(=O)N[C@@H](CCCN=C(N)N)C(N)=O. The molecule has 5 amide bonds. The number of nitrogens with zero attached hydrogens (tertiary/aromatic N) is 2. The van der Waals surface area contributed by atoms with Crippen molar-refractivity contribution in [1.82, 2.24) is 21.3 Å². The summed E-state index contributed by atoms with van der Waals surface area (Å²) in [5.74, 6) is -4.96. The molecule has 4 atom stereocenters. The van der Waals surface area contributed by atoms with Gasteiger partial charge in [-0.1, -0.05) is 50.2 Å². The van der Waals surface area contributed by atoms with Crippen molar-refractivity contribution in [2.24, 2.45) is 44.6 Å². The first-order valence-corrected chi connectivity index (χ1v) is 18.2. The summed E-state index contributed by atoms with van der Waals surface area (Å²) in [6.07, 6.45) is 0.236. The van der Waals surface area contributed by atoms with Crippen LogP contribution < -0.4 is 49.9 Å². The van der Waals surface area contributed by atoms with Crippen molar-refractivity contribution in [3.63, 3.8) is 0 Å². The molecule has 3 aromatic carbocycles. The van der Waals surface area contributed by atoms with Gasteiger partial charge in [-0.2, -0.15) is 0 Å². The highest BCUT2D eigenvalue weighted by molar-refractivity contribution is 5.95. The van der Waals surface area contributed by atoms with Crippen molar-refractivity contribution >= 4 is 47.1 Å². The van der Waals surface area contributed by atoms with E-state index >= 15 is 0 Å². The molecular formula is C39H51F2N11O5. The molecule has 306 valence electrons. The molecule has 0 spiro atoms. The average Bonchev–Trinajstić information content (AvgIpc) is 3.13. The number of aliphatic imine (C=N–C) groups is 2. The fourth-order valence-electron chi connectivity index (χ4n) is 5.71. The van der Waals surface area contributed by atoms with Gasteiger partial charge < -0.3 is 49.9 Å². The second-order valence-electron chi connectivity index (χ2n) is 13.8. The molecule has 0 heterocycles. The summed E-state index contributed by atoms with van der Waals surface area (Å²) < 4.78 is 27.3. The molecule has 18 heteroatoms. The van der Waals surface area contributed by atoms with E-state index in [-0.39, 0.29) is 56.5 Å². The Morgan fingerprint density at radius 3 is 1.54 bits per heavy atom. The predicted molar refractivity (Wildman–Crippen MR) is 212 cm³/mol. The minimum atomic E-state index is -1.31. The molecule has 0 bridgehead atoms. The predicted octanol–water partition coefficient (Wildman–Crippen LogP) is 0.422. The van der Waals surface area contributed by atoms with Gasteiger partial charge in [0, 0.05) is 19.4 Å². The lowest BCUT2D eigenvalue weighted by Crippen LogP contribution is -2.59. The molecule has 0 saturated heterocycles. The Kier molecular flexibility index (Phi) is 17.4. The van der Waals surface area contributed by atoms with Crippen molar-refractivity contribution < 1.29 is 32.8 Å². The number of guanidine groups is 2. The third-order valence-electron chi connectivity index (χ3n) is 8.50. The van der Waals surface area contributed by atoms with E-state index in [9.17, 15) is 32.8 Å². The second kappa shape index (κ2) is 22.1. The van der Waals surface area contributed by atoms with E-state index in [2.05, 4.69) is 31.3 Å². The second-order valence-corrected chi connectivity index (χ2v) is 13.8. The zero-order chi connectivity index (χ0) is 42.1. The Hall–Kier alpha value is -6.59. The highest BCUT2D eigenvalue weighted by Gasteiger charge is 2.32. The van der Waals surface area contributed by atoms with Crippen LogP contribution in [0.2, 0.25) is 0 Å². The van der Waals surface area contributed by atoms with Gasteiger partial charge in [0.2, 0.25) is 29.5 Å². The number of amides is 5. The molecule has 0 fully saturated rings. The number of carbonyl (C=O) groups is 5. The zero-order valence-electron chi connectivity index (χ0n) is 31.8. The van der Waals surface area contributed by atoms with E-state index in [1.807, 2.05) is 13.8 Å². The van der Waals surface area contributed by atoms with Crippen LogP contribution in [0.15, 0.2) is 82.8 Å². The molecule has 0 aliphatic heterocycles. The van der Waals surface area contributed by atoms with Gasteiger partial charge in [-0.05, 0) is 78.3 Å². The number of nitrogens with one attached hydrogen (secondary N) is 4. The monoisotopic (exact) mass is 791 g/mol. The first-order chi connectivity index (χ1) is 27.0. The summed E-state index contributed by atoms with van der Waals surface area (Å²) >= 11 is 0. The summed E-state index contributed by atoms with van der Waals surface area (Å²) in [4.78, 5) is 75.1. The third-order valence-corrected chi connectivity index (χ3v) is 8.50. The van der Waals surface area contributed by atoms with E-state index in [1.54, 1.807) is 24.3 Å². The average molecular weight is 792 g/mol. The molecule has 3 rings (SSSR count).